The molecule has 2 rings (SSSR count). The van der Waals surface area contributed by atoms with Crippen LogP contribution in [0.1, 0.15) is 6.42 Å². The van der Waals surface area contributed by atoms with Gasteiger partial charge in [-0.05, 0) is 40.7 Å². The minimum Gasteiger partial charge on any atom is -0.379 e. The highest BCUT2D eigenvalue weighted by atomic mass is 16.5. The van der Waals surface area contributed by atoms with Gasteiger partial charge < -0.3 is 19.4 Å². The van der Waals surface area contributed by atoms with Crippen LogP contribution >= 0.6 is 0 Å². The summed E-state index contributed by atoms with van der Waals surface area (Å²) < 4.78 is 5.67. The lowest BCUT2D eigenvalue weighted by molar-refractivity contribution is -0.132. The molecule has 0 saturated carbocycles. The Morgan fingerprint density at radius 3 is 2.77 bits per heavy atom. The molecule has 0 aromatic rings. The first kappa shape index (κ1) is 17.7. The molecule has 0 radical (unpaired) electrons. The predicted octanol–water partition coefficient (Wildman–Crippen LogP) is -0.339. The Hall–Kier alpha value is -0.690. The lowest BCUT2D eigenvalue weighted by Crippen LogP contribution is -2.44. The molecular weight excluding hydrogens is 280 g/mol. The summed E-state index contributed by atoms with van der Waals surface area (Å²) in [6.45, 7) is 8.72. The van der Waals surface area contributed by atoms with Crippen LogP contribution in [0.4, 0.5) is 0 Å². The molecule has 22 heavy (non-hydrogen) atoms. The second kappa shape index (κ2) is 8.82. The lowest BCUT2D eigenvalue weighted by Gasteiger charge is -2.28. The quantitative estimate of drug-likeness (QED) is 0.710. The molecule has 0 unspecified atom stereocenters. The van der Waals surface area contributed by atoms with Crippen molar-refractivity contribution >= 4 is 5.91 Å². The standard InChI is InChI=1S/C16H32N4O2/c1-17(2)11-15-12-20(9-10-22-14-15)16(21)13-19-6-4-5-18(3)7-8-19/h15H,4-14H2,1-3H3/t15-/m0/s1. The first-order valence-corrected chi connectivity index (χ1v) is 8.45. The Morgan fingerprint density at radius 1 is 1.18 bits per heavy atom. The molecule has 2 aliphatic rings. The number of carbonyl (C=O) groups is 1. The van der Waals surface area contributed by atoms with Crippen molar-refractivity contribution in [2.75, 3.05) is 86.7 Å². The summed E-state index contributed by atoms with van der Waals surface area (Å²) in [6.07, 6.45) is 1.15. The van der Waals surface area contributed by atoms with Crippen LogP contribution in [0.15, 0.2) is 0 Å². The summed E-state index contributed by atoms with van der Waals surface area (Å²) in [5.74, 6) is 0.676. The SMILES string of the molecule is CN(C)C[C@@H]1COCCN(C(=O)CN2CCCN(C)CC2)C1. The van der Waals surface area contributed by atoms with Gasteiger partial charge in [0, 0.05) is 38.6 Å². The van der Waals surface area contributed by atoms with Gasteiger partial charge in [-0.25, -0.2) is 0 Å². The van der Waals surface area contributed by atoms with Gasteiger partial charge in [-0.2, -0.15) is 0 Å². The zero-order chi connectivity index (χ0) is 15.9. The average Bonchev–Trinajstić information content (AvgIpc) is 2.79. The van der Waals surface area contributed by atoms with Crippen LogP contribution in [-0.4, -0.2) is 112 Å². The van der Waals surface area contributed by atoms with E-state index in [0.29, 0.717) is 19.1 Å². The summed E-state index contributed by atoms with van der Waals surface area (Å²) in [5.41, 5.74) is 0. The lowest BCUT2D eigenvalue weighted by atomic mass is 10.1. The van der Waals surface area contributed by atoms with Gasteiger partial charge in [-0.3, -0.25) is 9.69 Å². The molecule has 6 nitrogen and oxygen atoms in total. The van der Waals surface area contributed by atoms with Crippen molar-refractivity contribution in [3.8, 4) is 0 Å². The van der Waals surface area contributed by atoms with E-state index in [1.165, 1.54) is 0 Å². The van der Waals surface area contributed by atoms with Gasteiger partial charge in [0.1, 0.15) is 0 Å². The maximum atomic E-state index is 12.6. The summed E-state index contributed by atoms with van der Waals surface area (Å²) in [5, 5.41) is 0. The van der Waals surface area contributed by atoms with Crippen molar-refractivity contribution in [1.29, 1.82) is 0 Å². The van der Waals surface area contributed by atoms with Crippen LogP contribution in [0, 0.1) is 5.92 Å². The van der Waals surface area contributed by atoms with Crippen LogP contribution in [0.3, 0.4) is 0 Å². The van der Waals surface area contributed by atoms with Crippen LogP contribution in [0.25, 0.3) is 0 Å². The number of hydrogen-bond acceptors (Lipinski definition) is 5. The van der Waals surface area contributed by atoms with Crippen molar-refractivity contribution in [3.05, 3.63) is 0 Å². The molecule has 6 heteroatoms. The third-order valence-electron chi connectivity index (χ3n) is 4.48. The monoisotopic (exact) mass is 312 g/mol. The van der Waals surface area contributed by atoms with E-state index in [2.05, 4.69) is 35.8 Å². The zero-order valence-corrected chi connectivity index (χ0v) is 14.5. The van der Waals surface area contributed by atoms with E-state index in [-0.39, 0.29) is 5.91 Å². The van der Waals surface area contributed by atoms with Crippen LogP contribution in [-0.2, 0) is 9.53 Å². The van der Waals surface area contributed by atoms with Gasteiger partial charge in [0.2, 0.25) is 5.91 Å². The second-order valence-electron chi connectivity index (χ2n) is 6.98. The summed E-state index contributed by atoms with van der Waals surface area (Å²) in [7, 11) is 6.30. The third-order valence-corrected chi connectivity index (χ3v) is 4.48. The Bertz CT molecular complexity index is 351. The molecule has 0 aromatic heterocycles. The number of likely N-dealkylation sites (N-methyl/N-ethyl adjacent to an activating group) is 1. The number of amides is 1. The van der Waals surface area contributed by atoms with E-state index >= 15 is 0 Å². The van der Waals surface area contributed by atoms with E-state index < -0.39 is 0 Å². The van der Waals surface area contributed by atoms with Crippen LogP contribution < -0.4 is 0 Å². The fourth-order valence-corrected chi connectivity index (χ4v) is 3.28. The number of ether oxygens (including phenoxy) is 1. The Labute approximate surface area is 135 Å². The van der Waals surface area contributed by atoms with Gasteiger partial charge in [0.25, 0.3) is 0 Å². The van der Waals surface area contributed by atoms with Crippen molar-refractivity contribution in [2.24, 2.45) is 5.92 Å². The Morgan fingerprint density at radius 2 is 2.00 bits per heavy atom. The molecule has 2 saturated heterocycles. The molecule has 128 valence electrons. The van der Waals surface area contributed by atoms with Crippen LogP contribution in [0.2, 0.25) is 0 Å². The van der Waals surface area contributed by atoms with Gasteiger partial charge >= 0.3 is 0 Å². The molecular formula is C16H32N4O2. The number of nitrogens with zero attached hydrogens (tertiary/aromatic N) is 4. The summed E-state index contributed by atoms with van der Waals surface area (Å²) in [6, 6.07) is 0. The van der Waals surface area contributed by atoms with Gasteiger partial charge in [-0.15, -0.1) is 0 Å². The first-order chi connectivity index (χ1) is 10.5. The van der Waals surface area contributed by atoms with Gasteiger partial charge in [0.15, 0.2) is 0 Å². The molecule has 0 N–H and O–H groups in total. The third kappa shape index (κ3) is 5.83. The highest BCUT2D eigenvalue weighted by molar-refractivity contribution is 5.78. The highest BCUT2D eigenvalue weighted by Gasteiger charge is 2.24. The normalized spacial score (nSPS) is 26.0. The van der Waals surface area contributed by atoms with Crippen LogP contribution in [0.5, 0.6) is 0 Å². The molecule has 0 bridgehead atoms. The van der Waals surface area contributed by atoms with Crippen molar-refractivity contribution in [3.63, 3.8) is 0 Å². The number of hydrogen-bond donors (Lipinski definition) is 0. The topological polar surface area (TPSA) is 39.3 Å². The van der Waals surface area contributed by atoms with Crippen molar-refractivity contribution < 1.29 is 9.53 Å². The van der Waals surface area contributed by atoms with E-state index in [0.717, 1.165) is 58.8 Å². The first-order valence-electron chi connectivity index (χ1n) is 8.45. The molecule has 2 heterocycles. The Kier molecular flexibility index (Phi) is 7.08. The molecule has 0 spiro atoms. The second-order valence-corrected chi connectivity index (χ2v) is 6.98. The molecule has 0 aromatic carbocycles. The fraction of sp³-hybridized carbons (Fsp3) is 0.938. The van der Waals surface area contributed by atoms with E-state index in [1.54, 1.807) is 0 Å². The molecule has 2 fully saturated rings. The minimum absolute atomic E-state index is 0.263. The highest BCUT2D eigenvalue weighted by Crippen LogP contribution is 2.10. The molecule has 1 atom stereocenters. The van der Waals surface area contributed by atoms with Crippen molar-refractivity contribution in [1.82, 2.24) is 19.6 Å². The average molecular weight is 312 g/mol. The molecule has 2 aliphatic heterocycles. The maximum Gasteiger partial charge on any atom is 0.236 e. The molecule has 0 aliphatic carbocycles. The van der Waals surface area contributed by atoms with E-state index in [1.807, 2.05) is 4.90 Å². The summed E-state index contributed by atoms with van der Waals surface area (Å²) >= 11 is 0. The Balaban J connectivity index is 1.84. The predicted molar refractivity (Wildman–Crippen MR) is 88.0 cm³/mol. The summed E-state index contributed by atoms with van der Waals surface area (Å²) in [4.78, 5) is 21.5. The largest absolute Gasteiger partial charge is 0.379 e. The number of rotatable bonds is 4. The smallest absolute Gasteiger partial charge is 0.236 e. The zero-order valence-electron chi connectivity index (χ0n) is 14.5. The minimum atomic E-state index is 0.263. The molecule has 1 amide bonds. The van der Waals surface area contributed by atoms with Gasteiger partial charge in [0.05, 0.1) is 19.8 Å². The van der Waals surface area contributed by atoms with E-state index in [9.17, 15) is 4.79 Å². The van der Waals surface area contributed by atoms with Gasteiger partial charge in [-0.1, -0.05) is 0 Å². The fourth-order valence-electron chi connectivity index (χ4n) is 3.28. The maximum absolute atomic E-state index is 12.6. The van der Waals surface area contributed by atoms with E-state index in [4.69, 9.17) is 4.74 Å². The van der Waals surface area contributed by atoms with Crippen molar-refractivity contribution in [2.45, 2.75) is 6.42 Å². The number of carbonyl (C=O) groups excluding carboxylic acids is 1.